The molecule has 0 amide bonds. The normalized spacial score (nSPS) is 23.1. The molecule has 3 nitrogen and oxygen atoms in total. The number of phenols is 1. The van der Waals surface area contributed by atoms with Crippen molar-refractivity contribution in [1.82, 2.24) is 0 Å². The van der Waals surface area contributed by atoms with E-state index in [2.05, 4.69) is 0 Å². The van der Waals surface area contributed by atoms with E-state index in [-0.39, 0.29) is 22.7 Å². The van der Waals surface area contributed by atoms with Crippen LogP contribution in [0.1, 0.15) is 62.5 Å². The largest absolute Gasteiger partial charge is 0.508 e. The summed E-state index contributed by atoms with van der Waals surface area (Å²) in [4.78, 5) is 24.8. The second-order valence-corrected chi connectivity index (χ2v) is 6.97. The van der Waals surface area contributed by atoms with E-state index in [9.17, 15) is 14.7 Å². The summed E-state index contributed by atoms with van der Waals surface area (Å²) in [6.45, 7) is 3.92. The summed E-state index contributed by atoms with van der Waals surface area (Å²) in [6.07, 6.45) is 3.09. The highest BCUT2D eigenvalue weighted by atomic mass is 16.3. The average molecular weight is 272 g/mol. The highest BCUT2D eigenvalue weighted by Crippen LogP contribution is 2.46. The minimum absolute atomic E-state index is 0.00116. The second kappa shape index (κ2) is 4.44. The Morgan fingerprint density at radius 1 is 1.05 bits per heavy atom. The number of Topliss-reactive ketones (excluding diaryl/α,β-unsaturated/α-hetero) is 2. The molecule has 3 rings (SSSR count). The number of benzene rings is 1. The Kier molecular flexibility index (Phi) is 2.96. The molecule has 1 N–H and O–H groups in total. The van der Waals surface area contributed by atoms with Gasteiger partial charge in [0.1, 0.15) is 23.2 Å². The van der Waals surface area contributed by atoms with Crippen molar-refractivity contribution in [2.24, 2.45) is 5.41 Å². The molecule has 0 aliphatic heterocycles. The van der Waals surface area contributed by atoms with E-state index in [1.807, 2.05) is 19.9 Å². The molecule has 2 saturated carbocycles. The van der Waals surface area contributed by atoms with Gasteiger partial charge < -0.3 is 5.11 Å². The molecule has 0 spiro atoms. The average Bonchev–Trinajstić information content (AvgIpc) is 3.10. The van der Waals surface area contributed by atoms with Crippen LogP contribution in [0.4, 0.5) is 0 Å². The summed E-state index contributed by atoms with van der Waals surface area (Å²) >= 11 is 0. The van der Waals surface area contributed by atoms with E-state index in [1.54, 1.807) is 12.1 Å². The van der Waals surface area contributed by atoms with E-state index in [4.69, 9.17) is 0 Å². The summed E-state index contributed by atoms with van der Waals surface area (Å²) in [6, 6.07) is 5.15. The zero-order valence-electron chi connectivity index (χ0n) is 12.0. The molecular formula is C17H20O3. The van der Waals surface area contributed by atoms with Crippen molar-refractivity contribution < 1.29 is 14.7 Å². The van der Waals surface area contributed by atoms with Gasteiger partial charge in [0, 0.05) is 12.8 Å². The molecule has 0 bridgehead atoms. The Labute approximate surface area is 119 Å². The van der Waals surface area contributed by atoms with E-state index < -0.39 is 5.92 Å². The van der Waals surface area contributed by atoms with Gasteiger partial charge in [0.2, 0.25) is 0 Å². The minimum Gasteiger partial charge on any atom is -0.508 e. The maximum Gasteiger partial charge on any atom is 0.148 e. The Morgan fingerprint density at radius 3 is 2.20 bits per heavy atom. The highest BCUT2D eigenvalue weighted by molar-refractivity contribution is 6.10. The van der Waals surface area contributed by atoms with Crippen molar-refractivity contribution >= 4 is 11.6 Å². The number of carbonyl (C=O) groups excluding carboxylic acids is 2. The maximum absolute atomic E-state index is 12.4. The van der Waals surface area contributed by atoms with Gasteiger partial charge in [-0.3, -0.25) is 9.59 Å². The summed E-state index contributed by atoms with van der Waals surface area (Å²) in [5, 5.41) is 9.72. The zero-order chi connectivity index (χ0) is 14.5. The lowest BCUT2D eigenvalue weighted by Gasteiger charge is -2.33. The van der Waals surface area contributed by atoms with Gasteiger partial charge in [0.25, 0.3) is 0 Å². The molecule has 0 heterocycles. The van der Waals surface area contributed by atoms with Gasteiger partial charge in [-0.2, -0.15) is 0 Å². The first-order chi connectivity index (χ1) is 9.37. The maximum atomic E-state index is 12.4. The molecule has 2 aliphatic rings. The first-order valence-electron chi connectivity index (χ1n) is 7.26. The number of hydrogen-bond donors (Lipinski definition) is 1. The predicted octanol–water partition coefficient (Wildman–Crippen LogP) is 3.31. The molecule has 0 saturated heterocycles. The van der Waals surface area contributed by atoms with Crippen molar-refractivity contribution in [1.29, 1.82) is 0 Å². The second-order valence-electron chi connectivity index (χ2n) is 6.97. The number of phenolic OH excluding ortho intramolecular Hbond substituents is 1. The number of aromatic hydroxyl groups is 1. The zero-order valence-corrected chi connectivity index (χ0v) is 12.0. The molecule has 1 aromatic carbocycles. The van der Waals surface area contributed by atoms with Crippen LogP contribution in [-0.2, 0) is 9.59 Å². The van der Waals surface area contributed by atoms with Crippen molar-refractivity contribution in [2.75, 3.05) is 0 Å². The van der Waals surface area contributed by atoms with Gasteiger partial charge >= 0.3 is 0 Å². The van der Waals surface area contributed by atoms with Gasteiger partial charge in [0.15, 0.2) is 0 Å². The molecule has 3 heteroatoms. The van der Waals surface area contributed by atoms with Crippen LogP contribution in [0.5, 0.6) is 5.75 Å². The summed E-state index contributed by atoms with van der Waals surface area (Å²) in [5.74, 6) is -0.0702. The fraction of sp³-hybridized carbons (Fsp3) is 0.529. The Bertz CT molecular complexity index is 562. The quantitative estimate of drug-likeness (QED) is 0.840. The SMILES string of the molecule is CC1(C)CC(=O)C(c2cc(O)ccc2C2CC2)C(=O)C1. The smallest absolute Gasteiger partial charge is 0.148 e. The third kappa shape index (κ3) is 2.37. The van der Waals surface area contributed by atoms with E-state index in [0.717, 1.165) is 24.0 Å². The van der Waals surface area contributed by atoms with Gasteiger partial charge in [-0.05, 0) is 47.4 Å². The van der Waals surface area contributed by atoms with Gasteiger partial charge in [-0.15, -0.1) is 0 Å². The molecule has 1 aromatic rings. The molecule has 2 fully saturated rings. The van der Waals surface area contributed by atoms with Crippen molar-refractivity contribution in [3.63, 3.8) is 0 Å². The standard InChI is InChI=1S/C17H20O3/c1-17(2)8-14(19)16(15(20)9-17)13-7-11(18)5-6-12(13)10-3-4-10/h5-7,10,16,18H,3-4,8-9H2,1-2H3. The number of rotatable bonds is 2. The van der Waals surface area contributed by atoms with Crippen LogP contribution in [0.3, 0.4) is 0 Å². The topological polar surface area (TPSA) is 54.4 Å². The van der Waals surface area contributed by atoms with Crippen LogP contribution in [-0.4, -0.2) is 16.7 Å². The molecule has 106 valence electrons. The summed E-state index contributed by atoms with van der Waals surface area (Å²) < 4.78 is 0. The Morgan fingerprint density at radius 2 is 1.65 bits per heavy atom. The van der Waals surface area contributed by atoms with E-state index in [0.29, 0.717) is 18.8 Å². The lowest BCUT2D eigenvalue weighted by Crippen LogP contribution is -2.36. The van der Waals surface area contributed by atoms with Crippen molar-refractivity contribution in [3.05, 3.63) is 29.3 Å². The van der Waals surface area contributed by atoms with Crippen LogP contribution in [0.2, 0.25) is 0 Å². The third-order valence-electron chi connectivity index (χ3n) is 4.35. The summed E-state index contributed by atoms with van der Waals surface area (Å²) in [5.41, 5.74) is 1.59. The fourth-order valence-electron chi connectivity index (χ4n) is 3.31. The van der Waals surface area contributed by atoms with Crippen LogP contribution < -0.4 is 0 Å². The molecule has 0 aromatic heterocycles. The first kappa shape index (κ1) is 13.3. The first-order valence-corrected chi connectivity index (χ1v) is 7.26. The summed E-state index contributed by atoms with van der Waals surface area (Å²) in [7, 11) is 0. The molecule has 0 unspecified atom stereocenters. The lowest BCUT2D eigenvalue weighted by atomic mass is 9.69. The van der Waals surface area contributed by atoms with Crippen LogP contribution in [0.15, 0.2) is 18.2 Å². The number of hydrogen-bond acceptors (Lipinski definition) is 3. The lowest BCUT2D eigenvalue weighted by molar-refractivity contribution is -0.135. The molecule has 0 radical (unpaired) electrons. The van der Waals surface area contributed by atoms with Crippen LogP contribution in [0.25, 0.3) is 0 Å². The van der Waals surface area contributed by atoms with Crippen LogP contribution >= 0.6 is 0 Å². The van der Waals surface area contributed by atoms with Crippen molar-refractivity contribution in [3.8, 4) is 5.75 Å². The molecule has 2 aliphatic carbocycles. The Hall–Kier alpha value is -1.64. The van der Waals surface area contributed by atoms with Crippen LogP contribution in [0, 0.1) is 5.41 Å². The molecule has 20 heavy (non-hydrogen) atoms. The van der Waals surface area contributed by atoms with Gasteiger partial charge in [-0.1, -0.05) is 19.9 Å². The fourth-order valence-corrected chi connectivity index (χ4v) is 3.31. The highest BCUT2D eigenvalue weighted by Gasteiger charge is 2.42. The van der Waals surface area contributed by atoms with E-state index in [1.165, 1.54) is 0 Å². The minimum atomic E-state index is -0.661. The molecule has 0 atom stereocenters. The van der Waals surface area contributed by atoms with Gasteiger partial charge in [-0.25, -0.2) is 0 Å². The van der Waals surface area contributed by atoms with Crippen molar-refractivity contribution in [2.45, 2.75) is 51.4 Å². The number of carbonyl (C=O) groups is 2. The Balaban J connectivity index is 2.02. The van der Waals surface area contributed by atoms with Gasteiger partial charge in [0.05, 0.1) is 0 Å². The molecular weight excluding hydrogens is 252 g/mol. The third-order valence-corrected chi connectivity index (χ3v) is 4.35. The van der Waals surface area contributed by atoms with E-state index >= 15 is 0 Å². The monoisotopic (exact) mass is 272 g/mol. The number of ketones is 2. The predicted molar refractivity (Wildman–Crippen MR) is 75.9 cm³/mol.